The van der Waals surface area contributed by atoms with Crippen molar-refractivity contribution in [2.24, 2.45) is 5.73 Å². The summed E-state index contributed by atoms with van der Waals surface area (Å²) < 4.78 is 6.66. The second kappa shape index (κ2) is 6.59. The van der Waals surface area contributed by atoms with Crippen molar-refractivity contribution in [2.75, 3.05) is 0 Å². The molecule has 0 bridgehead atoms. The van der Waals surface area contributed by atoms with Crippen LogP contribution in [0.15, 0.2) is 22.7 Å². The number of carbonyl (C=O) groups excluding carboxylic acids is 1. The second-order valence-electron chi connectivity index (χ2n) is 5.97. The highest BCUT2D eigenvalue weighted by Crippen LogP contribution is 2.28. The van der Waals surface area contributed by atoms with Crippen molar-refractivity contribution >= 4 is 21.8 Å². The van der Waals surface area contributed by atoms with Crippen LogP contribution in [0.5, 0.6) is 5.75 Å². The Kier molecular flexibility index (Phi) is 5.59. The van der Waals surface area contributed by atoms with Gasteiger partial charge < -0.3 is 15.8 Å². The van der Waals surface area contributed by atoms with Crippen molar-refractivity contribution in [1.82, 2.24) is 5.32 Å². The number of benzene rings is 1. The smallest absolute Gasteiger partial charge is 0.261 e. The Morgan fingerprint density at radius 3 is 2.45 bits per heavy atom. The van der Waals surface area contributed by atoms with Gasteiger partial charge in [-0.1, -0.05) is 22.0 Å². The zero-order chi connectivity index (χ0) is 15.5. The van der Waals surface area contributed by atoms with Crippen LogP contribution in [0.1, 0.15) is 46.2 Å². The molecule has 5 heteroatoms. The highest BCUT2D eigenvalue weighted by Gasteiger charge is 2.22. The van der Waals surface area contributed by atoms with Gasteiger partial charge in [0.15, 0.2) is 6.10 Å². The summed E-state index contributed by atoms with van der Waals surface area (Å²) in [5.41, 5.74) is 6.52. The van der Waals surface area contributed by atoms with Gasteiger partial charge >= 0.3 is 0 Å². The minimum absolute atomic E-state index is 0.145. The predicted octanol–water partition coefficient (Wildman–Crippen LogP) is 3.15. The molecule has 1 unspecified atom stereocenters. The average Bonchev–Trinajstić information content (AvgIpc) is 2.26. The minimum Gasteiger partial charge on any atom is -0.481 e. The Hall–Kier alpha value is -1.07. The molecule has 0 fully saturated rings. The molecule has 112 valence electrons. The van der Waals surface area contributed by atoms with Crippen LogP contribution in [0.2, 0.25) is 0 Å². The first-order valence-electron chi connectivity index (χ1n) is 6.64. The van der Waals surface area contributed by atoms with Crippen molar-refractivity contribution < 1.29 is 9.53 Å². The fourth-order valence-corrected chi connectivity index (χ4v) is 2.04. The van der Waals surface area contributed by atoms with E-state index in [1.807, 2.05) is 45.9 Å². The van der Waals surface area contributed by atoms with E-state index in [0.717, 1.165) is 10.0 Å². The maximum Gasteiger partial charge on any atom is 0.261 e. The first-order chi connectivity index (χ1) is 9.10. The molecule has 3 N–H and O–H groups in total. The zero-order valence-corrected chi connectivity index (χ0v) is 14.2. The normalized spacial score (nSPS) is 14.6. The summed E-state index contributed by atoms with van der Waals surface area (Å²) in [5, 5.41) is 2.90. The number of hydrogen-bond acceptors (Lipinski definition) is 3. The van der Waals surface area contributed by atoms with Crippen LogP contribution in [0, 0.1) is 0 Å². The summed E-state index contributed by atoms with van der Waals surface area (Å²) in [6, 6.07) is 5.49. The Labute approximate surface area is 129 Å². The monoisotopic (exact) mass is 342 g/mol. The van der Waals surface area contributed by atoms with Gasteiger partial charge in [0.25, 0.3) is 5.91 Å². The molecule has 1 aromatic carbocycles. The number of carbonyl (C=O) groups is 1. The van der Waals surface area contributed by atoms with Crippen molar-refractivity contribution in [2.45, 2.75) is 52.3 Å². The lowest BCUT2D eigenvalue weighted by Crippen LogP contribution is -2.46. The maximum atomic E-state index is 12.1. The number of hydrogen-bond donors (Lipinski definition) is 2. The zero-order valence-electron chi connectivity index (χ0n) is 12.7. The maximum absolute atomic E-state index is 12.1. The fourth-order valence-electron chi connectivity index (χ4n) is 1.70. The molecule has 0 radical (unpaired) electrons. The number of nitrogens with two attached hydrogens (primary N) is 1. The number of ether oxygens (including phenoxy) is 1. The summed E-state index contributed by atoms with van der Waals surface area (Å²) in [6.07, 6.45) is -0.582. The van der Waals surface area contributed by atoms with Crippen molar-refractivity contribution in [3.63, 3.8) is 0 Å². The highest BCUT2D eigenvalue weighted by atomic mass is 79.9. The molecular formula is C15H23BrN2O2. The van der Waals surface area contributed by atoms with Gasteiger partial charge in [0.1, 0.15) is 5.75 Å². The first kappa shape index (κ1) is 17.0. The summed E-state index contributed by atoms with van der Waals surface area (Å²) in [4.78, 5) is 12.1. The fraction of sp³-hybridized carbons (Fsp3) is 0.533. The molecule has 0 heterocycles. The molecule has 0 spiro atoms. The Morgan fingerprint density at radius 1 is 1.35 bits per heavy atom. The van der Waals surface area contributed by atoms with Crippen LogP contribution >= 0.6 is 15.9 Å². The van der Waals surface area contributed by atoms with E-state index < -0.39 is 6.10 Å². The molecule has 1 rings (SSSR count). The summed E-state index contributed by atoms with van der Waals surface area (Å²) >= 11 is 3.40. The number of halogens is 1. The Morgan fingerprint density at radius 2 is 1.95 bits per heavy atom. The third-order valence-electron chi connectivity index (χ3n) is 2.64. The van der Waals surface area contributed by atoms with Crippen LogP contribution in [-0.4, -0.2) is 17.6 Å². The van der Waals surface area contributed by atoms with E-state index in [4.69, 9.17) is 10.5 Å². The first-order valence-corrected chi connectivity index (χ1v) is 7.43. The van der Waals surface area contributed by atoms with Crippen molar-refractivity contribution in [3.05, 3.63) is 28.2 Å². The largest absolute Gasteiger partial charge is 0.481 e. The van der Waals surface area contributed by atoms with Crippen LogP contribution in [0.4, 0.5) is 0 Å². The second-order valence-corrected chi connectivity index (χ2v) is 6.89. The van der Waals surface area contributed by atoms with Gasteiger partial charge in [-0.05, 0) is 46.8 Å². The third-order valence-corrected chi connectivity index (χ3v) is 3.13. The lowest BCUT2D eigenvalue weighted by molar-refractivity contribution is -0.128. The van der Waals surface area contributed by atoms with Gasteiger partial charge in [0, 0.05) is 21.6 Å². The summed E-state index contributed by atoms with van der Waals surface area (Å²) in [7, 11) is 0. The standard InChI is InChI=1S/C15H23BrN2O2/c1-9(17)12-7-6-11(16)8-13(12)20-10(2)14(19)18-15(3,4)5/h6-10H,17H2,1-5H3,(H,18,19)/t9-,10?/m0/s1. The molecule has 0 saturated carbocycles. The third kappa shape index (κ3) is 5.13. The van der Waals surface area contributed by atoms with Crippen LogP contribution < -0.4 is 15.8 Å². The lowest BCUT2D eigenvalue weighted by atomic mass is 10.1. The van der Waals surface area contributed by atoms with Gasteiger partial charge in [0.05, 0.1) is 0 Å². The Balaban J connectivity index is 2.87. The quantitative estimate of drug-likeness (QED) is 0.883. The number of nitrogens with one attached hydrogen (secondary N) is 1. The predicted molar refractivity (Wildman–Crippen MR) is 84.7 cm³/mol. The van der Waals surface area contributed by atoms with E-state index in [1.54, 1.807) is 6.92 Å². The van der Waals surface area contributed by atoms with Crippen molar-refractivity contribution in [3.8, 4) is 5.75 Å². The van der Waals surface area contributed by atoms with E-state index in [1.165, 1.54) is 0 Å². The van der Waals surface area contributed by atoms with Gasteiger partial charge in [-0.3, -0.25) is 4.79 Å². The molecule has 1 aromatic rings. The number of rotatable bonds is 4. The topological polar surface area (TPSA) is 64.3 Å². The van der Waals surface area contributed by atoms with E-state index in [2.05, 4.69) is 21.2 Å². The minimum atomic E-state index is -0.582. The van der Waals surface area contributed by atoms with Crippen LogP contribution in [-0.2, 0) is 4.79 Å². The Bertz CT molecular complexity index is 481. The molecule has 20 heavy (non-hydrogen) atoms. The lowest BCUT2D eigenvalue weighted by Gasteiger charge is -2.24. The van der Waals surface area contributed by atoms with E-state index in [9.17, 15) is 4.79 Å². The molecule has 4 nitrogen and oxygen atoms in total. The van der Waals surface area contributed by atoms with Crippen LogP contribution in [0.25, 0.3) is 0 Å². The molecule has 0 saturated heterocycles. The molecule has 1 amide bonds. The van der Waals surface area contributed by atoms with E-state index >= 15 is 0 Å². The summed E-state index contributed by atoms with van der Waals surface area (Å²) in [5.74, 6) is 0.485. The molecule has 0 aromatic heterocycles. The molecule has 0 aliphatic carbocycles. The van der Waals surface area contributed by atoms with Crippen molar-refractivity contribution in [1.29, 1.82) is 0 Å². The van der Waals surface area contributed by atoms with E-state index in [-0.39, 0.29) is 17.5 Å². The molecular weight excluding hydrogens is 320 g/mol. The van der Waals surface area contributed by atoms with Gasteiger partial charge in [-0.15, -0.1) is 0 Å². The highest BCUT2D eigenvalue weighted by molar-refractivity contribution is 9.10. The van der Waals surface area contributed by atoms with Gasteiger partial charge in [0.2, 0.25) is 0 Å². The SMILES string of the molecule is CC(Oc1cc(Br)ccc1[C@H](C)N)C(=O)NC(C)(C)C. The molecule has 0 aliphatic rings. The average molecular weight is 343 g/mol. The molecule has 0 aliphatic heterocycles. The van der Waals surface area contributed by atoms with Gasteiger partial charge in [-0.25, -0.2) is 0 Å². The molecule has 2 atom stereocenters. The van der Waals surface area contributed by atoms with Crippen LogP contribution in [0.3, 0.4) is 0 Å². The van der Waals surface area contributed by atoms with E-state index in [0.29, 0.717) is 5.75 Å². The summed E-state index contributed by atoms with van der Waals surface area (Å²) in [6.45, 7) is 9.42. The number of amides is 1. The van der Waals surface area contributed by atoms with Gasteiger partial charge in [-0.2, -0.15) is 0 Å².